The van der Waals surface area contributed by atoms with Crippen LogP contribution in [0.1, 0.15) is 32.6 Å². The highest BCUT2D eigenvalue weighted by Crippen LogP contribution is 2.33. The summed E-state index contributed by atoms with van der Waals surface area (Å²) in [5.74, 6) is 7.63. The number of nitrogens with zero attached hydrogens (tertiary/aromatic N) is 3. The Morgan fingerprint density at radius 1 is 1.43 bits per heavy atom. The van der Waals surface area contributed by atoms with Gasteiger partial charge in [0.1, 0.15) is 5.69 Å². The van der Waals surface area contributed by atoms with Gasteiger partial charge in [0.25, 0.3) is 0 Å². The number of nitrogens with two attached hydrogens (primary N) is 2. The smallest absolute Gasteiger partial charge is 0.191 e. The number of aliphatic hydroxyl groups is 1. The fourth-order valence-corrected chi connectivity index (χ4v) is 3.49. The summed E-state index contributed by atoms with van der Waals surface area (Å²) in [7, 11) is 0. The lowest BCUT2D eigenvalue weighted by Gasteiger charge is -2.26. The van der Waals surface area contributed by atoms with Crippen molar-refractivity contribution in [1.82, 2.24) is 9.97 Å². The number of anilines is 2. The van der Waals surface area contributed by atoms with E-state index in [0.29, 0.717) is 23.3 Å². The maximum Gasteiger partial charge on any atom is 0.191 e. The molecule has 0 radical (unpaired) electrons. The Morgan fingerprint density at radius 3 is 2.91 bits per heavy atom. The van der Waals surface area contributed by atoms with Crippen molar-refractivity contribution >= 4 is 34.9 Å². The van der Waals surface area contributed by atoms with Crippen molar-refractivity contribution in [2.45, 2.75) is 49.9 Å². The molecule has 23 heavy (non-hydrogen) atoms. The van der Waals surface area contributed by atoms with Crippen LogP contribution < -0.4 is 16.6 Å². The van der Waals surface area contributed by atoms with Gasteiger partial charge in [-0.05, 0) is 25.7 Å². The third-order valence-corrected chi connectivity index (χ3v) is 5.07. The van der Waals surface area contributed by atoms with Gasteiger partial charge in [0.05, 0.1) is 19.3 Å². The minimum atomic E-state index is 0.0278. The number of thioether (sulfide) groups is 1. The Hall–Kier alpha value is -0.800. The highest BCUT2D eigenvalue weighted by Gasteiger charge is 2.31. The number of hydrazine groups is 1. The Balaban J connectivity index is 2.09. The first-order chi connectivity index (χ1) is 11.1. The zero-order chi connectivity index (χ0) is 16.8. The van der Waals surface area contributed by atoms with E-state index >= 15 is 0 Å². The summed E-state index contributed by atoms with van der Waals surface area (Å²) in [5.41, 5.74) is 6.31. The quantitative estimate of drug-likeness (QED) is 0.211. The Bertz CT molecular complexity index is 522. The SMILES string of the molecule is CCCSc1nc(Cl)c(N)c(N(N)[C@H]2CC[C@@H](OCCO)C2)n1. The van der Waals surface area contributed by atoms with E-state index in [0.717, 1.165) is 31.4 Å². The molecule has 1 fully saturated rings. The second-order valence-electron chi connectivity index (χ2n) is 5.47. The number of rotatable bonds is 8. The maximum atomic E-state index is 8.84. The number of aliphatic hydroxyl groups excluding tert-OH is 1. The molecule has 5 N–H and O–H groups in total. The lowest BCUT2D eigenvalue weighted by Crippen LogP contribution is -2.41. The van der Waals surface area contributed by atoms with E-state index in [2.05, 4.69) is 16.9 Å². The lowest BCUT2D eigenvalue weighted by molar-refractivity contribution is 0.0322. The molecule has 1 aliphatic rings. The molecule has 0 aromatic carbocycles. The highest BCUT2D eigenvalue weighted by molar-refractivity contribution is 7.99. The van der Waals surface area contributed by atoms with Gasteiger partial charge < -0.3 is 15.6 Å². The van der Waals surface area contributed by atoms with E-state index in [-0.39, 0.29) is 23.9 Å². The Kier molecular flexibility index (Phi) is 7.16. The molecular formula is C14H24ClN5O2S. The van der Waals surface area contributed by atoms with Crippen LogP contribution in [0.15, 0.2) is 5.16 Å². The number of hydrogen-bond acceptors (Lipinski definition) is 8. The van der Waals surface area contributed by atoms with Gasteiger partial charge in [-0.3, -0.25) is 5.01 Å². The summed E-state index contributed by atoms with van der Waals surface area (Å²) in [5, 5.41) is 11.2. The van der Waals surface area contributed by atoms with Crippen molar-refractivity contribution in [1.29, 1.82) is 0 Å². The summed E-state index contributed by atoms with van der Waals surface area (Å²) < 4.78 is 5.57. The van der Waals surface area contributed by atoms with Gasteiger partial charge in [0.2, 0.25) is 0 Å². The summed E-state index contributed by atoms with van der Waals surface area (Å²) in [6.07, 6.45) is 3.67. The molecule has 0 spiro atoms. The topological polar surface area (TPSA) is 111 Å². The molecule has 9 heteroatoms. The van der Waals surface area contributed by atoms with Crippen LogP contribution in [0, 0.1) is 0 Å². The first kappa shape index (κ1) is 18.5. The Labute approximate surface area is 145 Å². The second-order valence-corrected chi connectivity index (χ2v) is 6.89. The molecule has 130 valence electrons. The fourth-order valence-electron chi connectivity index (χ4n) is 2.58. The Morgan fingerprint density at radius 2 is 2.22 bits per heavy atom. The molecule has 2 rings (SSSR count). The largest absolute Gasteiger partial charge is 0.394 e. The van der Waals surface area contributed by atoms with Gasteiger partial charge in [-0.2, -0.15) is 0 Å². The number of hydrogen-bond donors (Lipinski definition) is 3. The van der Waals surface area contributed by atoms with Gasteiger partial charge in [-0.25, -0.2) is 15.8 Å². The van der Waals surface area contributed by atoms with Crippen molar-refractivity contribution in [3.8, 4) is 0 Å². The highest BCUT2D eigenvalue weighted by atomic mass is 35.5. The van der Waals surface area contributed by atoms with Crippen molar-refractivity contribution in [3.05, 3.63) is 5.15 Å². The average molecular weight is 362 g/mol. The number of nitrogen functional groups attached to an aromatic ring is 1. The monoisotopic (exact) mass is 361 g/mol. The number of ether oxygens (including phenoxy) is 1. The molecule has 0 bridgehead atoms. The van der Waals surface area contributed by atoms with E-state index in [1.54, 1.807) is 5.01 Å². The third-order valence-electron chi connectivity index (χ3n) is 3.73. The van der Waals surface area contributed by atoms with Crippen LogP contribution in [-0.2, 0) is 4.74 Å². The van der Waals surface area contributed by atoms with Crippen LogP contribution >= 0.6 is 23.4 Å². The van der Waals surface area contributed by atoms with E-state index in [4.69, 9.17) is 33.0 Å². The van der Waals surface area contributed by atoms with Crippen LogP contribution in [0.3, 0.4) is 0 Å². The molecule has 7 nitrogen and oxygen atoms in total. The minimum absolute atomic E-state index is 0.0278. The molecule has 2 atom stereocenters. The standard InChI is InChI=1S/C14H24ClN5O2S/c1-2-7-23-14-18-12(15)11(16)13(19-14)20(17)9-3-4-10(8-9)22-6-5-21/h9-10,21H,2-8,16-17H2,1H3/t9-,10+/m0/s1. The van der Waals surface area contributed by atoms with Crippen molar-refractivity contribution in [2.24, 2.45) is 5.84 Å². The minimum Gasteiger partial charge on any atom is -0.394 e. The number of aromatic nitrogens is 2. The average Bonchev–Trinajstić information content (AvgIpc) is 3.02. The molecule has 0 saturated heterocycles. The number of halogens is 1. The molecule has 1 aromatic rings. The molecule has 1 aromatic heterocycles. The van der Waals surface area contributed by atoms with Gasteiger partial charge in [0, 0.05) is 11.8 Å². The van der Waals surface area contributed by atoms with Crippen molar-refractivity contribution in [3.63, 3.8) is 0 Å². The van der Waals surface area contributed by atoms with Gasteiger partial charge in [-0.15, -0.1) is 0 Å². The lowest BCUT2D eigenvalue weighted by atomic mass is 10.2. The molecular weight excluding hydrogens is 338 g/mol. The maximum absolute atomic E-state index is 8.84. The second kappa shape index (κ2) is 8.89. The van der Waals surface area contributed by atoms with Gasteiger partial charge >= 0.3 is 0 Å². The molecule has 0 unspecified atom stereocenters. The molecule has 1 aliphatic carbocycles. The normalized spacial score (nSPS) is 20.9. The van der Waals surface area contributed by atoms with E-state index in [1.165, 1.54) is 11.8 Å². The zero-order valence-electron chi connectivity index (χ0n) is 13.2. The van der Waals surface area contributed by atoms with E-state index in [9.17, 15) is 0 Å². The predicted molar refractivity (Wildman–Crippen MR) is 93.6 cm³/mol. The van der Waals surface area contributed by atoms with Crippen LogP contribution in [0.2, 0.25) is 5.15 Å². The molecule has 0 amide bonds. The summed E-state index contributed by atoms with van der Waals surface area (Å²) in [4.78, 5) is 8.66. The zero-order valence-corrected chi connectivity index (χ0v) is 14.8. The van der Waals surface area contributed by atoms with Crippen LogP contribution in [0.4, 0.5) is 11.5 Å². The van der Waals surface area contributed by atoms with E-state index in [1.807, 2.05) is 0 Å². The van der Waals surface area contributed by atoms with Crippen molar-refractivity contribution < 1.29 is 9.84 Å². The summed E-state index contributed by atoms with van der Waals surface area (Å²) in [6.45, 7) is 2.47. The van der Waals surface area contributed by atoms with Crippen LogP contribution in [0.25, 0.3) is 0 Å². The molecule has 1 heterocycles. The van der Waals surface area contributed by atoms with Crippen LogP contribution in [-0.4, -0.2) is 46.2 Å². The first-order valence-electron chi connectivity index (χ1n) is 7.79. The van der Waals surface area contributed by atoms with Crippen LogP contribution in [0.5, 0.6) is 0 Å². The predicted octanol–water partition coefficient (Wildman–Crippen LogP) is 1.82. The molecule has 0 aliphatic heterocycles. The summed E-state index contributed by atoms with van der Waals surface area (Å²) >= 11 is 7.65. The van der Waals surface area contributed by atoms with E-state index < -0.39 is 0 Å². The van der Waals surface area contributed by atoms with Gasteiger partial charge in [-0.1, -0.05) is 30.3 Å². The first-order valence-corrected chi connectivity index (χ1v) is 9.15. The van der Waals surface area contributed by atoms with Gasteiger partial charge in [0.15, 0.2) is 16.1 Å². The third kappa shape index (κ3) is 4.84. The fraction of sp³-hybridized carbons (Fsp3) is 0.714. The summed E-state index contributed by atoms with van der Waals surface area (Å²) in [6, 6.07) is 0.0796. The van der Waals surface area contributed by atoms with Crippen molar-refractivity contribution in [2.75, 3.05) is 29.7 Å². The molecule has 1 saturated carbocycles.